The van der Waals surface area contributed by atoms with Crippen LogP contribution >= 0.6 is 23.2 Å². The Morgan fingerprint density at radius 3 is 1.77 bits per heavy atom. The summed E-state index contributed by atoms with van der Waals surface area (Å²) in [7, 11) is 0. The van der Waals surface area contributed by atoms with Crippen molar-refractivity contribution in [1.29, 1.82) is 0 Å². The number of aliphatic hydroxyl groups is 4. The zero-order chi connectivity index (χ0) is 23.5. The Kier molecular flexibility index (Phi) is 20.4. The summed E-state index contributed by atoms with van der Waals surface area (Å²) in [6.45, 7) is 1.13. The lowest BCUT2D eigenvalue weighted by atomic mass is 10.0. The second-order valence-electron chi connectivity index (χ2n) is 8.39. The Bertz CT molecular complexity index is 427. The molecule has 0 aliphatic rings. The van der Waals surface area contributed by atoms with Gasteiger partial charge in [0.2, 0.25) is 0 Å². The molecule has 0 aromatic carbocycles. The number of carbonyl (C=O) groups is 1. The molecule has 8 heteroatoms. The number of halogens is 2. The molecule has 2 unspecified atom stereocenters. The molecule has 0 aliphatic heterocycles. The summed E-state index contributed by atoms with van der Waals surface area (Å²) < 4.78 is 4.89. The highest BCUT2D eigenvalue weighted by Crippen LogP contribution is 2.23. The summed E-state index contributed by atoms with van der Waals surface area (Å²) in [5.41, 5.74) is 0. The van der Waals surface area contributed by atoms with E-state index in [0.29, 0.717) is 6.42 Å². The standard InChI is InChI=1S/C23H44Cl2O6/c1-2-3-4-5-7-10-13-18(24)19(25)14-11-8-6-9-12-15-22(29)31-17-21(28)23(30)20(27)16-26/h18-21,23,26-28,30H,2-17H2,1H3/t18?,19?,20-,21+,23-/m1/s1. The van der Waals surface area contributed by atoms with E-state index in [1.165, 1.54) is 32.1 Å². The molecular weight excluding hydrogens is 443 g/mol. The van der Waals surface area contributed by atoms with E-state index in [9.17, 15) is 20.1 Å². The summed E-state index contributed by atoms with van der Waals surface area (Å²) in [5, 5.41) is 37.1. The fraction of sp³-hybridized carbons (Fsp3) is 0.957. The second-order valence-corrected chi connectivity index (χ2v) is 9.51. The number of ether oxygens (including phenoxy) is 1. The summed E-state index contributed by atoms with van der Waals surface area (Å²) in [6, 6.07) is 0. The van der Waals surface area contributed by atoms with Crippen molar-refractivity contribution in [2.24, 2.45) is 0 Å². The third-order valence-electron chi connectivity index (χ3n) is 5.48. The van der Waals surface area contributed by atoms with Crippen LogP contribution in [0, 0.1) is 0 Å². The molecule has 186 valence electrons. The van der Waals surface area contributed by atoms with Crippen LogP contribution in [0.5, 0.6) is 0 Å². The molecule has 0 spiro atoms. The van der Waals surface area contributed by atoms with Crippen molar-refractivity contribution < 1.29 is 30.0 Å². The molecule has 0 heterocycles. The second kappa shape index (κ2) is 20.5. The lowest BCUT2D eigenvalue weighted by Gasteiger charge is -2.21. The molecule has 0 bridgehead atoms. The van der Waals surface area contributed by atoms with Crippen LogP contribution in [0.4, 0.5) is 0 Å². The fourth-order valence-electron chi connectivity index (χ4n) is 3.33. The van der Waals surface area contributed by atoms with Gasteiger partial charge in [-0.15, -0.1) is 23.2 Å². The summed E-state index contributed by atoms with van der Waals surface area (Å²) >= 11 is 12.8. The largest absolute Gasteiger partial charge is 0.463 e. The molecule has 6 nitrogen and oxygen atoms in total. The van der Waals surface area contributed by atoms with E-state index in [1.54, 1.807) is 0 Å². The Morgan fingerprint density at radius 2 is 1.26 bits per heavy atom. The molecule has 0 amide bonds. The highest BCUT2D eigenvalue weighted by molar-refractivity contribution is 6.29. The SMILES string of the molecule is CCCCCCCCC(Cl)C(Cl)CCCCCCCC(=O)OC[C@H](O)[C@H](O)[C@H](O)CO. The summed E-state index contributed by atoms with van der Waals surface area (Å²) in [6.07, 6.45) is 9.90. The Morgan fingerprint density at radius 1 is 0.774 bits per heavy atom. The van der Waals surface area contributed by atoms with Gasteiger partial charge < -0.3 is 25.2 Å². The number of unbranched alkanes of at least 4 members (excludes halogenated alkanes) is 9. The monoisotopic (exact) mass is 486 g/mol. The average molecular weight is 488 g/mol. The van der Waals surface area contributed by atoms with E-state index in [-0.39, 0.29) is 17.2 Å². The molecule has 0 rings (SSSR count). The molecule has 5 atom stereocenters. The van der Waals surface area contributed by atoms with Crippen molar-refractivity contribution in [2.75, 3.05) is 13.2 Å². The van der Waals surface area contributed by atoms with Crippen molar-refractivity contribution in [1.82, 2.24) is 0 Å². The van der Waals surface area contributed by atoms with Crippen LogP contribution in [0.2, 0.25) is 0 Å². The maximum absolute atomic E-state index is 11.7. The predicted octanol–water partition coefficient (Wildman–Crippen LogP) is 4.30. The minimum atomic E-state index is -1.55. The first-order chi connectivity index (χ1) is 14.8. The first-order valence-electron chi connectivity index (χ1n) is 11.9. The first-order valence-corrected chi connectivity index (χ1v) is 12.8. The van der Waals surface area contributed by atoms with Gasteiger partial charge in [0.25, 0.3) is 0 Å². The highest BCUT2D eigenvalue weighted by Gasteiger charge is 2.25. The predicted molar refractivity (Wildman–Crippen MR) is 126 cm³/mol. The molecule has 31 heavy (non-hydrogen) atoms. The smallest absolute Gasteiger partial charge is 0.305 e. The number of hydrogen-bond acceptors (Lipinski definition) is 6. The molecule has 0 aromatic rings. The van der Waals surface area contributed by atoms with Crippen molar-refractivity contribution in [2.45, 2.75) is 126 Å². The third kappa shape index (κ3) is 17.1. The summed E-state index contributed by atoms with van der Waals surface area (Å²) in [5.74, 6) is -0.453. The van der Waals surface area contributed by atoms with E-state index >= 15 is 0 Å². The van der Waals surface area contributed by atoms with Crippen LogP contribution in [0.3, 0.4) is 0 Å². The lowest BCUT2D eigenvalue weighted by molar-refractivity contribution is -0.152. The molecular formula is C23H44Cl2O6. The molecule has 0 saturated heterocycles. The quantitative estimate of drug-likeness (QED) is 0.109. The van der Waals surface area contributed by atoms with Crippen molar-refractivity contribution >= 4 is 29.2 Å². The van der Waals surface area contributed by atoms with Gasteiger partial charge in [-0.2, -0.15) is 0 Å². The van der Waals surface area contributed by atoms with Gasteiger partial charge in [-0.05, 0) is 19.3 Å². The van der Waals surface area contributed by atoms with Crippen LogP contribution < -0.4 is 0 Å². The van der Waals surface area contributed by atoms with Crippen LogP contribution in [0.25, 0.3) is 0 Å². The zero-order valence-corrected chi connectivity index (χ0v) is 20.6. The molecule has 0 fully saturated rings. The van der Waals surface area contributed by atoms with Crippen molar-refractivity contribution in [3.05, 3.63) is 0 Å². The normalized spacial score (nSPS) is 16.5. The van der Waals surface area contributed by atoms with Gasteiger partial charge in [-0.3, -0.25) is 4.79 Å². The third-order valence-corrected chi connectivity index (χ3v) is 6.65. The van der Waals surface area contributed by atoms with Crippen LogP contribution in [-0.2, 0) is 9.53 Å². The van der Waals surface area contributed by atoms with Crippen molar-refractivity contribution in [3.63, 3.8) is 0 Å². The fourth-order valence-corrected chi connectivity index (χ4v) is 3.89. The molecule has 0 saturated carbocycles. The number of alkyl halides is 2. The molecule has 4 N–H and O–H groups in total. The molecule has 0 aromatic heterocycles. The number of aliphatic hydroxyl groups excluding tert-OH is 4. The maximum atomic E-state index is 11.7. The number of hydrogen-bond donors (Lipinski definition) is 4. The number of esters is 1. The lowest BCUT2D eigenvalue weighted by Crippen LogP contribution is -2.42. The van der Waals surface area contributed by atoms with Gasteiger partial charge >= 0.3 is 5.97 Å². The zero-order valence-electron chi connectivity index (χ0n) is 19.1. The van der Waals surface area contributed by atoms with E-state index in [4.69, 9.17) is 33.0 Å². The average Bonchev–Trinajstić information content (AvgIpc) is 2.77. The Labute approximate surface area is 198 Å². The van der Waals surface area contributed by atoms with E-state index in [2.05, 4.69) is 6.92 Å². The number of rotatable bonds is 21. The molecule has 0 aliphatic carbocycles. The minimum Gasteiger partial charge on any atom is -0.463 e. The Hall–Kier alpha value is -0.110. The van der Waals surface area contributed by atoms with Gasteiger partial charge in [-0.1, -0.05) is 71.1 Å². The van der Waals surface area contributed by atoms with Crippen LogP contribution in [-0.4, -0.2) is 68.7 Å². The number of carbonyl (C=O) groups excluding carboxylic acids is 1. The van der Waals surface area contributed by atoms with E-state index in [1.807, 2.05) is 0 Å². The van der Waals surface area contributed by atoms with Crippen molar-refractivity contribution in [3.8, 4) is 0 Å². The van der Waals surface area contributed by atoms with E-state index < -0.39 is 37.5 Å². The Balaban J connectivity index is 3.61. The topological polar surface area (TPSA) is 107 Å². The van der Waals surface area contributed by atoms with Gasteiger partial charge in [-0.25, -0.2) is 0 Å². The van der Waals surface area contributed by atoms with Gasteiger partial charge in [0.1, 0.15) is 24.9 Å². The van der Waals surface area contributed by atoms with Gasteiger partial charge in [0.15, 0.2) is 0 Å². The summed E-state index contributed by atoms with van der Waals surface area (Å²) in [4.78, 5) is 11.7. The maximum Gasteiger partial charge on any atom is 0.305 e. The minimum absolute atomic E-state index is 0.0124. The highest BCUT2D eigenvalue weighted by atomic mass is 35.5. The first kappa shape index (κ1) is 30.9. The van der Waals surface area contributed by atoms with Crippen LogP contribution in [0.1, 0.15) is 96.8 Å². The van der Waals surface area contributed by atoms with E-state index in [0.717, 1.165) is 44.9 Å². The van der Waals surface area contributed by atoms with Crippen LogP contribution in [0.15, 0.2) is 0 Å². The molecule has 0 radical (unpaired) electrons. The van der Waals surface area contributed by atoms with Gasteiger partial charge in [0, 0.05) is 17.2 Å². The van der Waals surface area contributed by atoms with Gasteiger partial charge in [0.05, 0.1) is 6.61 Å².